The second-order valence-corrected chi connectivity index (χ2v) is 5.29. The molecule has 18 heavy (non-hydrogen) atoms. The molecular weight excluding hydrogens is 256 g/mol. The molecule has 0 aliphatic carbocycles. The summed E-state index contributed by atoms with van der Waals surface area (Å²) in [5, 5.41) is 3.25. The van der Waals surface area contributed by atoms with Gasteiger partial charge in [0.15, 0.2) is 9.84 Å². The lowest BCUT2D eigenvalue weighted by molar-refractivity contribution is -0.114. The van der Waals surface area contributed by atoms with Gasteiger partial charge in [-0.15, -0.1) is 0 Å². The molecule has 0 heterocycles. The van der Waals surface area contributed by atoms with Gasteiger partial charge in [-0.3, -0.25) is 9.59 Å². The van der Waals surface area contributed by atoms with Crippen LogP contribution in [0.5, 0.6) is 0 Å². The molecule has 3 N–H and O–H groups in total. The Hall–Kier alpha value is -2.15. The van der Waals surface area contributed by atoms with Crippen LogP contribution in [0.25, 0.3) is 0 Å². The Morgan fingerprint density at radius 2 is 1.78 bits per heavy atom. The Bertz CT molecular complexity index is 588. The Morgan fingerprint density at radius 3 is 2.22 bits per heavy atom. The zero-order chi connectivity index (χ0) is 13.8. The van der Waals surface area contributed by atoms with E-state index in [4.69, 9.17) is 5.73 Å². The topological polar surface area (TPSA) is 106 Å². The molecule has 0 spiro atoms. The van der Waals surface area contributed by atoms with Gasteiger partial charge in [0.2, 0.25) is 11.8 Å². The highest BCUT2D eigenvalue weighted by molar-refractivity contribution is 7.94. The van der Waals surface area contributed by atoms with Crippen LogP contribution in [0.4, 0.5) is 5.69 Å². The molecule has 0 aromatic heterocycles. The van der Waals surface area contributed by atoms with Crippen LogP contribution in [0.2, 0.25) is 0 Å². The summed E-state index contributed by atoms with van der Waals surface area (Å²) in [5.41, 5.74) is 5.31. The van der Waals surface area contributed by atoms with E-state index < -0.39 is 15.7 Å². The smallest absolute Gasteiger partial charge is 0.242 e. The van der Waals surface area contributed by atoms with Crippen molar-refractivity contribution < 1.29 is 18.0 Å². The molecule has 0 fully saturated rings. The summed E-state index contributed by atoms with van der Waals surface area (Å²) in [7, 11) is -3.69. The molecule has 2 amide bonds. The molecular formula is C11H12N2O4S. The molecule has 0 radical (unpaired) electrons. The molecule has 96 valence electrons. The van der Waals surface area contributed by atoms with Crippen LogP contribution in [-0.2, 0) is 19.4 Å². The Morgan fingerprint density at radius 1 is 1.22 bits per heavy atom. The highest BCUT2D eigenvalue weighted by Gasteiger charge is 2.10. The predicted octanol–water partition coefficient (Wildman–Crippen LogP) is 0.418. The second kappa shape index (κ2) is 5.46. The van der Waals surface area contributed by atoms with E-state index in [1.807, 2.05) is 0 Å². The minimum absolute atomic E-state index is 0.00843. The van der Waals surface area contributed by atoms with Gasteiger partial charge in [0.1, 0.15) is 0 Å². The maximum atomic E-state index is 11.7. The third kappa shape index (κ3) is 4.02. The van der Waals surface area contributed by atoms with Crippen LogP contribution >= 0.6 is 0 Å². The van der Waals surface area contributed by atoms with Crippen molar-refractivity contribution in [3.8, 4) is 0 Å². The third-order valence-corrected chi connectivity index (χ3v) is 3.34. The molecule has 1 aromatic rings. The average molecular weight is 268 g/mol. The fraction of sp³-hybridized carbons (Fsp3) is 0.0909. The number of hydrogen-bond donors (Lipinski definition) is 2. The maximum Gasteiger partial charge on any atom is 0.242 e. The summed E-state index contributed by atoms with van der Waals surface area (Å²) in [6.45, 7) is 1.35. The molecule has 1 rings (SSSR count). The van der Waals surface area contributed by atoms with Crippen molar-refractivity contribution in [1.82, 2.24) is 0 Å². The summed E-state index contributed by atoms with van der Waals surface area (Å²) in [4.78, 5) is 21.3. The number of amides is 2. The van der Waals surface area contributed by atoms with Crippen LogP contribution in [0, 0.1) is 0 Å². The molecule has 0 aliphatic heterocycles. The summed E-state index contributed by atoms with van der Waals surface area (Å²) in [5.74, 6) is -1.09. The Labute approximate surface area is 104 Å². The molecule has 0 saturated heterocycles. The van der Waals surface area contributed by atoms with Gasteiger partial charge in [-0.25, -0.2) is 8.42 Å². The SMILES string of the molecule is CC(=O)Nc1ccc(S(=O)(=O)C=CC(N)=O)cc1. The van der Waals surface area contributed by atoms with E-state index in [1.165, 1.54) is 31.2 Å². The molecule has 0 aliphatic rings. The van der Waals surface area contributed by atoms with Crippen molar-refractivity contribution in [3.63, 3.8) is 0 Å². The summed E-state index contributed by atoms with van der Waals surface area (Å²) < 4.78 is 23.4. The second-order valence-electron chi connectivity index (χ2n) is 3.46. The average Bonchev–Trinajstić information content (AvgIpc) is 2.26. The summed E-state index contributed by atoms with van der Waals surface area (Å²) in [6.07, 6.45) is 0.775. The van der Waals surface area contributed by atoms with Crippen molar-refractivity contribution in [3.05, 3.63) is 35.7 Å². The lowest BCUT2D eigenvalue weighted by Crippen LogP contribution is -2.08. The van der Waals surface area contributed by atoms with Gasteiger partial charge >= 0.3 is 0 Å². The first-order valence-corrected chi connectivity index (χ1v) is 6.46. The Kier molecular flexibility index (Phi) is 4.22. The van der Waals surface area contributed by atoms with Crippen molar-refractivity contribution in [1.29, 1.82) is 0 Å². The summed E-state index contributed by atoms with van der Waals surface area (Å²) >= 11 is 0. The van der Waals surface area contributed by atoms with Crippen LogP contribution < -0.4 is 11.1 Å². The molecule has 1 aromatic carbocycles. The predicted molar refractivity (Wildman–Crippen MR) is 66.3 cm³/mol. The number of benzene rings is 1. The Balaban J connectivity index is 2.98. The molecule has 0 unspecified atom stereocenters. The lowest BCUT2D eigenvalue weighted by Gasteiger charge is -2.03. The fourth-order valence-corrected chi connectivity index (χ4v) is 2.15. The maximum absolute atomic E-state index is 11.7. The van der Waals surface area contributed by atoms with E-state index in [0.29, 0.717) is 5.69 Å². The zero-order valence-corrected chi connectivity index (χ0v) is 10.4. The molecule has 6 nitrogen and oxygen atoms in total. The van der Waals surface area contributed by atoms with Gasteiger partial charge in [0.25, 0.3) is 0 Å². The zero-order valence-electron chi connectivity index (χ0n) is 9.58. The minimum Gasteiger partial charge on any atom is -0.366 e. The van der Waals surface area contributed by atoms with Gasteiger partial charge in [-0.05, 0) is 24.3 Å². The highest BCUT2D eigenvalue weighted by Crippen LogP contribution is 2.16. The third-order valence-electron chi connectivity index (χ3n) is 1.91. The quantitative estimate of drug-likeness (QED) is 0.771. The van der Waals surface area contributed by atoms with Gasteiger partial charge in [0.05, 0.1) is 4.90 Å². The minimum atomic E-state index is -3.69. The number of sulfone groups is 1. The van der Waals surface area contributed by atoms with E-state index in [2.05, 4.69) is 5.32 Å². The molecule has 7 heteroatoms. The normalized spacial score (nSPS) is 11.4. The lowest BCUT2D eigenvalue weighted by atomic mass is 10.3. The van der Waals surface area contributed by atoms with Gasteiger partial charge in [0, 0.05) is 24.1 Å². The number of anilines is 1. The van der Waals surface area contributed by atoms with Crippen LogP contribution in [-0.4, -0.2) is 20.2 Å². The fourth-order valence-electron chi connectivity index (χ4n) is 1.17. The van der Waals surface area contributed by atoms with Crippen molar-refractivity contribution in [2.75, 3.05) is 5.32 Å². The van der Waals surface area contributed by atoms with E-state index in [-0.39, 0.29) is 10.8 Å². The number of hydrogen-bond acceptors (Lipinski definition) is 4. The number of carbonyl (C=O) groups excluding carboxylic acids is 2. The van der Waals surface area contributed by atoms with Gasteiger partial charge in [-0.2, -0.15) is 0 Å². The number of nitrogens with two attached hydrogens (primary N) is 1. The standard InChI is InChI=1S/C11H12N2O4S/c1-8(14)13-9-2-4-10(5-3-9)18(16,17)7-6-11(12)15/h2-7H,1H3,(H2,12,15)(H,13,14). The number of primary amides is 1. The van der Waals surface area contributed by atoms with Crippen LogP contribution in [0.15, 0.2) is 40.6 Å². The summed E-state index contributed by atoms with van der Waals surface area (Å²) in [6, 6.07) is 5.55. The first kappa shape index (κ1) is 13.9. The number of rotatable bonds is 4. The van der Waals surface area contributed by atoms with Crippen molar-refractivity contribution in [2.24, 2.45) is 5.73 Å². The largest absolute Gasteiger partial charge is 0.366 e. The molecule has 0 saturated carbocycles. The van der Waals surface area contributed by atoms with Crippen LogP contribution in [0.1, 0.15) is 6.92 Å². The van der Waals surface area contributed by atoms with E-state index in [0.717, 1.165) is 11.5 Å². The first-order chi connectivity index (χ1) is 8.31. The van der Waals surface area contributed by atoms with E-state index in [1.54, 1.807) is 0 Å². The van der Waals surface area contributed by atoms with Gasteiger partial charge < -0.3 is 11.1 Å². The molecule has 0 bridgehead atoms. The van der Waals surface area contributed by atoms with Crippen LogP contribution in [0.3, 0.4) is 0 Å². The first-order valence-electron chi connectivity index (χ1n) is 4.91. The van der Waals surface area contributed by atoms with E-state index in [9.17, 15) is 18.0 Å². The molecule has 0 atom stereocenters. The monoisotopic (exact) mass is 268 g/mol. The number of nitrogens with one attached hydrogen (secondary N) is 1. The van der Waals surface area contributed by atoms with E-state index >= 15 is 0 Å². The number of carbonyl (C=O) groups is 2. The highest BCUT2D eigenvalue weighted by atomic mass is 32.2. The van der Waals surface area contributed by atoms with Crippen molar-refractivity contribution >= 4 is 27.3 Å². The van der Waals surface area contributed by atoms with Gasteiger partial charge in [-0.1, -0.05) is 0 Å². The van der Waals surface area contributed by atoms with Crippen molar-refractivity contribution in [2.45, 2.75) is 11.8 Å².